The molecule has 1 saturated heterocycles. The Hall–Kier alpha value is -0.470. The van der Waals surface area contributed by atoms with Crippen LogP contribution in [0.15, 0.2) is 30.3 Å². The van der Waals surface area contributed by atoms with Crippen LogP contribution in [0.2, 0.25) is 0 Å². The summed E-state index contributed by atoms with van der Waals surface area (Å²) in [5.74, 6) is 2.03. The Morgan fingerprint density at radius 3 is 2.71 bits per heavy atom. The maximum absolute atomic E-state index is 10.5. The SMILES string of the molecule is OC1(c2ccccc2)CCCCSC1. The quantitative estimate of drug-likeness (QED) is 0.766. The van der Waals surface area contributed by atoms with Crippen molar-refractivity contribution >= 4 is 11.8 Å². The molecule has 2 rings (SSSR count). The summed E-state index contributed by atoms with van der Waals surface area (Å²) in [6, 6.07) is 10.1. The van der Waals surface area contributed by atoms with Gasteiger partial charge in [-0.15, -0.1) is 0 Å². The van der Waals surface area contributed by atoms with E-state index in [0.717, 1.165) is 24.2 Å². The van der Waals surface area contributed by atoms with E-state index in [-0.39, 0.29) is 0 Å². The molecule has 0 saturated carbocycles. The van der Waals surface area contributed by atoms with Gasteiger partial charge in [-0.05, 0) is 30.6 Å². The van der Waals surface area contributed by atoms with E-state index in [9.17, 15) is 5.11 Å². The molecule has 1 aromatic rings. The van der Waals surface area contributed by atoms with Crippen LogP contribution < -0.4 is 0 Å². The van der Waals surface area contributed by atoms with Crippen LogP contribution in [-0.2, 0) is 5.60 Å². The van der Waals surface area contributed by atoms with E-state index in [4.69, 9.17) is 0 Å². The van der Waals surface area contributed by atoms with E-state index in [2.05, 4.69) is 0 Å². The number of benzene rings is 1. The van der Waals surface area contributed by atoms with Crippen molar-refractivity contribution in [3.8, 4) is 0 Å². The molecule has 1 aliphatic rings. The third kappa shape index (κ3) is 2.12. The second kappa shape index (κ2) is 4.37. The van der Waals surface area contributed by atoms with E-state index in [1.807, 2.05) is 42.1 Å². The fourth-order valence-electron chi connectivity index (χ4n) is 1.91. The molecule has 1 heterocycles. The molecule has 0 aliphatic carbocycles. The highest BCUT2D eigenvalue weighted by Crippen LogP contribution is 2.33. The van der Waals surface area contributed by atoms with Crippen LogP contribution in [0.5, 0.6) is 0 Å². The average Bonchev–Trinajstić information content (AvgIpc) is 2.46. The summed E-state index contributed by atoms with van der Waals surface area (Å²) in [5, 5.41) is 10.5. The fraction of sp³-hybridized carbons (Fsp3) is 0.500. The van der Waals surface area contributed by atoms with Crippen molar-refractivity contribution in [2.24, 2.45) is 0 Å². The lowest BCUT2D eigenvalue weighted by Gasteiger charge is -2.26. The number of hydrogen-bond acceptors (Lipinski definition) is 2. The summed E-state index contributed by atoms with van der Waals surface area (Å²) in [4.78, 5) is 0. The highest BCUT2D eigenvalue weighted by Gasteiger charge is 2.29. The molecule has 0 bridgehead atoms. The molecule has 1 fully saturated rings. The van der Waals surface area contributed by atoms with Gasteiger partial charge in [-0.1, -0.05) is 30.3 Å². The lowest BCUT2D eigenvalue weighted by Crippen LogP contribution is -2.27. The van der Waals surface area contributed by atoms with Crippen molar-refractivity contribution in [3.05, 3.63) is 35.9 Å². The zero-order valence-corrected chi connectivity index (χ0v) is 9.09. The number of rotatable bonds is 1. The largest absolute Gasteiger partial charge is 0.384 e. The van der Waals surface area contributed by atoms with Gasteiger partial charge in [0.1, 0.15) is 0 Å². The van der Waals surface area contributed by atoms with Crippen LogP contribution in [0.1, 0.15) is 24.8 Å². The third-order valence-electron chi connectivity index (χ3n) is 2.78. The van der Waals surface area contributed by atoms with Crippen molar-refractivity contribution in [2.75, 3.05) is 11.5 Å². The van der Waals surface area contributed by atoms with E-state index in [0.29, 0.717) is 0 Å². The monoisotopic (exact) mass is 208 g/mol. The minimum Gasteiger partial charge on any atom is -0.384 e. The first-order valence-corrected chi connectivity index (χ1v) is 6.32. The summed E-state index contributed by atoms with van der Waals surface area (Å²) in [6.07, 6.45) is 3.28. The number of thioether (sulfide) groups is 1. The lowest BCUT2D eigenvalue weighted by atomic mass is 9.90. The first-order valence-electron chi connectivity index (χ1n) is 5.17. The van der Waals surface area contributed by atoms with E-state index < -0.39 is 5.60 Å². The summed E-state index contributed by atoms with van der Waals surface area (Å²) in [6.45, 7) is 0. The second-order valence-electron chi connectivity index (χ2n) is 3.91. The predicted molar refractivity (Wildman–Crippen MR) is 61.5 cm³/mol. The molecule has 0 spiro atoms. The van der Waals surface area contributed by atoms with Crippen molar-refractivity contribution < 1.29 is 5.11 Å². The van der Waals surface area contributed by atoms with Crippen LogP contribution in [0.25, 0.3) is 0 Å². The molecular weight excluding hydrogens is 192 g/mol. The smallest absolute Gasteiger partial charge is 0.0986 e. The van der Waals surface area contributed by atoms with Crippen molar-refractivity contribution in [1.29, 1.82) is 0 Å². The highest BCUT2D eigenvalue weighted by molar-refractivity contribution is 7.99. The molecule has 0 radical (unpaired) electrons. The first kappa shape index (κ1) is 10.1. The molecule has 2 heteroatoms. The molecule has 14 heavy (non-hydrogen) atoms. The Bertz CT molecular complexity index is 276. The molecule has 1 unspecified atom stereocenters. The van der Waals surface area contributed by atoms with Gasteiger partial charge in [0.2, 0.25) is 0 Å². The van der Waals surface area contributed by atoms with Crippen molar-refractivity contribution in [3.63, 3.8) is 0 Å². The molecular formula is C12H16OS. The minimum absolute atomic E-state index is 0.581. The Morgan fingerprint density at radius 2 is 1.93 bits per heavy atom. The number of hydrogen-bond donors (Lipinski definition) is 1. The van der Waals surface area contributed by atoms with Gasteiger partial charge in [-0.25, -0.2) is 0 Å². The van der Waals surface area contributed by atoms with Crippen LogP contribution in [0, 0.1) is 0 Å². The molecule has 1 aromatic carbocycles. The van der Waals surface area contributed by atoms with Gasteiger partial charge in [0.25, 0.3) is 0 Å². The summed E-state index contributed by atoms with van der Waals surface area (Å²) < 4.78 is 0. The van der Waals surface area contributed by atoms with Crippen LogP contribution >= 0.6 is 11.8 Å². The Balaban J connectivity index is 2.21. The van der Waals surface area contributed by atoms with Crippen LogP contribution in [0.4, 0.5) is 0 Å². The summed E-state index contributed by atoms with van der Waals surface area (Å²) in [7, 11) is 0. The fourth-order valence-corrected chi connectivity index (χ4v) is 3.11. The van der Waals surface area contributed by atoms with E-state index in [1.165, 1.54) is 12.2 Å². The third-order valence-corrected chi connectivity index (χ3v) is 4.04. The van der Waals surface area contributed by atoms with Gasteiger partial charge in [0.05, 0.1) is 5.60 Å². The predicted octanol–water partition coefficient (Wildman–Crippen LogP) is 2.79. The van der Waals surface area contributed by atoms with E-state index >= 15 is 0 Å². The molecule has 1 aliphatic heterocycles. The van der Waals surface area contributed by atoms with Gasteiger partial charge in [0, 0.05) is 5.75 Å². The van der Waals surface area contributed by atoms with Crippen LogP contribution in [0.3, 0.4) is 0 Å². The van der Waals surface area contributed by atoms with Crippen molar-refractivity contribution in [1.82, 2.24) is 0 Å². The van der Waals surface area contributed by atoms with Gasteiger partial charge in [-0.3, -0.25) is 0 Å². The highest BCUT2D eigenvalue weighted by atomic mass is 32.2. The van der Waals surface area contributed by atoms with Gasteiger partial charge in [0.15, 0.2) is 0 Å². The van der Waals surface area contributed by atoms with Gasteiger partial charge < -0.3 is 5.11 Å². The average molecular weight is 208 g/mol. The molecule has 0 aromatic heterocycles. The lowest BCUT2D eigenvalue weighted by molar-refractivity contribution is 0.0522. The van der Waals surface area contributed by atoms with E-state index in [1.54, 1.807) is 0 Å². The zero-order valence-electron chi connectivity index (χ0n) is 8.28. The second-order valence-corrected chi connectivity index (χ2v) is 5.01. The van der Waals surface area contributed by atoms with Gasteiger partial charge in [-0.2, -0.15) is 11.8 Å². The van der Waals surface area contributed by atoms with Crippen LogP contribution in [-0.4, -0.2) is 16.6 Å². The first-order chi connectivity index (χ1) is 6.81. The maximum atomic E-state index is 10.5. The molecule has 0 amide bonds. The normalized spacial score (nSPS) is 28.4. The summed E-state index contributed by atoms with van der Waals surface area (Å²) >= 11 is 1.87. The summed E-state index contributed by atoms with van der Waals surface area (Å²) in [5.41, 5.74) is 0.497. The topological polar surface area (TPSA) is 20.2 Å². The number of aliphatic hydroxyl groups is 1. The van der Waals surface area contributed by atoms with Gasteiger partial charge >= 0.3 is 0 Å². The standard InChI is InChI=1S/C12H16OS/c13-12(8-4-5-9-14-10-12)11-6-2-1-3-7-11/h1-3,6-7,13H,4-5,8-10H2. The molecule has 1 atom stereocenters. The molecule has 76 valence electrons. The maximum Gasteiger partial charge on any atom is 0.0986 e. The zero-order chi connectivity index (χ0) is 9.86. The Kier molecular flexibility index (Phi) is 3.14. The molecule has 1 N–H and O–H groups in total. The van der Waals surface area contributed by atoms with Crippen molar-refractivity contribution in [2.45, 2.75) is 24.9 Å². The Labute approximate surface area is 89.5 Å². The molecule has 1 nitrogen and oxygen atoms in total. The Morgan fingerprint density at radius 1 is 1.14 bits per heavy atom. The minimum atomic E-state index is -0.581.